The first-order chi connectivity index (χ1) is 11.4. The fourth-order valence-electron chi connectivity index (χ4n) is 2.05. The molecule has 1 aliphatic rings. The maximum atomic E-state index is 12.3. The molecule has 128 valence electrons. The van der Waals surface area contributed by atoms with Gasteiger partial charge in [-0.15, -0.1) is 0 Å². The second-order valence-electron chi connectivity index (χ2n) is 5.59. The Balaban J connectivity index is 1.75. The summed E-state index contributed by atoms with van der Waals surface area (Å²) in [6.45, 7) is 0.420. The van der Waals surface area contributed by atoms with Gasteiger partial charge in [0.15, 0.2) is 0 Å². The normalized spacial score (nSPS) is 15.2. The van der Waals surface area contributed by atoms with Crippen molar-refractivity contribution in [1.29, 1.82) is 0 Å². The van der Waals surface area contributed by atoms with Gasteiger partial charge < -0.3 is 0 Å². The Labute approximate surface area is 141 Å². The lowest BCUT2D eigenvalue weighted by atomic mass is 10.4. The summed E-state index contributed by atoms with van der Waals surface area (Å²) in [5.74, 6) is 0.613. The highest BCUT2D eigenvalue weighted by atomic mass is 32.2. The van der Waals surface area contributed by atoms with Crippen LogP contribution in [-0.4, -0.2) is 28.4 Å². The van der Waals surface area contributed by atoms with E-state index in [0.29, 0.717) is 12.5 Å². The monoisotopic (exact) mass is 367 g/mol. The highest BCUT2D eigenvalue weighted by molar-refractivity contribution is 7.92. The summed E-state index contributed by atoms with van der Waals surface area (Å²) in [7, 11) is -7.43. The number of hydrogen-bond acceptors (Lipinski definition) is 5. The number of aromatic nitrogens is 1. The molecule has 1 aromatic heterocycles. The summed E-state index contributed by atoms with van der Waals surface area (Å²) in [5.41, 5.74) is 0. The summed E-state index contributed by atoms with van der Waals surface area (Å²) >= 11 is 0. The van der Waals surface area contributed by atoms with Gasteiger partial charge in [-0.2, -0.15) is 0 Å². The molecule has 0 bridgehead atoms. The molecule has 9 heteroatoms. The fourth-order valence-corrected chi connectivity index (χ4v) is 4.18. The minimum Gasteiger partial charge on any atom is -0.263 e. The van der Waals surface area contributed by atoms with Crippen LogP contribution in [0.5, 0.6) is 0 Å². The van der Waals surface area contributed by atoms with E-state index in [4.69, 9.17) is 0 Å². The first kappa shape index (κ1) is 16.9. The third-order valence-corrected chi connectivity index (χ3v) is 6.42. The molecule has 0 saturated heterocycles. The van der Waals surface area contributed by atoms with E-state index in [0.717, 1.165) is 12.8 Å². The lowest BCUT2D eigenvalue weighted by molar-refractivity contribution is 0.577. The second-order valence-corrected chi connectivity index (χ2v) is 9.04. The smallest absolute Gasteiger partial charge is 0.263 e. The van der Waals surface area contributed by atoms with E-state index in [9.17, 15) is 16.8 Å². The van der Waals surface area contributed by atoms with Gasteiger partial charge in [-0.05, 0) is 55.2 Å². The van der Waals surface area contributed by atoms with E-state index in [1.54, 1.807) is 12.1 Å². The number of rotatable bonds is 7. The molecule has 0 amide bonds. The maximum Gasteiger partial charge on any atom is 0.263 e. The van der Waals surface area contributed by atoms with Gasteiger partial charge in [0, 0.05) is 12.7 Å². The van der Waals surface area contributed by atoms with Gasteiger partial charge in [-0.3, -0.25) is 4.72 Å². The molecule has 1 aliphatic carbocycles. The molecule has 3 rings (SSSR count). The van der Waals surface area contributed by atoms with E-state index in [1.165, 1.54) is 36.5 Å². The maximum absolute atomic E-state index is 12.3. The van der Waals surface area contributed by atoms with Crippen molar-refractivity contribution in [3.05, 3.63) is 48.7 Å². The molecule has 1 saturated carbocycles. The van der Waals surface area contributed by atoms with Gasteiger partial charge in [0.1, 0.15) is 5.82 Å². The summed E-state index contributed by atoms with van der Waals surface area (Å²) < 4.78 is 53.7. The van der Waals surface area contributed by atoms with Crippen LogP contribution >= 0.6 is 0 Å². The minimum absolute atomic E-state index is 0.0331. The largest absolute Gasteiger partial charge is 0.263 e. The minimum atomic E-state index is -3.82. The predicted octanol–water partition coefficient (Wildman–Crippen LogP) is 1.57. The fraction of sp³-hybridized carbons (Fsp3) is 0.267. The average Bonchev–Trinajstić information content (AvgIpc) is 3.38. The zero-order valence-electron chi connectivity index (χ0n) is 12.7. The Hall–Kier alpha value is -1.97. The molecule has 0 atom stereocenters. The Morgan fingerprint density at radius 1 is 0.917 bits per heavy atom. The van der Waals surface area contributed by atoms with E-state index in [1.807, 2.05) is 0 Å². The Kier molecular flexibility index (Phi) is 4.57. The molecule has 1 aromatic carbocycles. The van der Waals surface area contributed by atoms with Crippen molar-refractivity contribution in [2.75, 3.05) is 11.3 Å². The molecular weight excluding hydrogens is 350 g/mol. The van der Waals surface area contributed by atoms with Gasteiger partial charge in [-0.1, -0.05) is 6.07 Å². The van der Waals surface area contributed by atoms with E-state index in [2.05, 4.69) is 14.4 Å². The topological polar surface area (TPSA) is 105 Å². The standard InChI is InChI=1S/C15H17N3O4S2/c19-23(20,17-11-12-4-5-12)13-6-8-14(9-7-13)24(21,22)18-15-3-1-2-10-16-15/h1-3,6-10,12,17H,4-5,11H2,(H,16,18). The van der Waals surface area contributed by atoms with Gasteiger partial charge in [-0.25, -0.2) is 26.5 Å². The zero-order chi connectivity index (χ0) is 17.2. The lowest BCUT2D eigenvalue weighted by Gasteiger charge is -2.09. The molecule has 0 unspecified atom stereocenters. The van der Waals surface area contributed by atoms with Crippen LogP contribution in [0.1, 0.15) is 12.8 Å². The average molecular weight is 367 g/mol. The number of nitrogens with zero attached hydrogens (tertiary/aromatic N) is 1. The van der Waals surface area contributed by atoms with Crippen LogP contribution in [0.3, 0.4) is 0 Å². The number of sulfonamides is 2. The van der Waals surface area contributed by atoms with Crippen molar-refractivity contribution in [2.45, 2.75) is 22.6 Å². The predicted molar refractivity (Wildman–Crippen MR) is 89.4 cm³/mol. The van der Waals surface area contributed by atoms with Crippen molar-refractivity contribution < 1.29 is 16.8 Å². The van der Waals surface area contributed by atoms with Crippen molar-refractivity contribution in [2.24, 2.45) is 5.92 Å². The van der Waals surface area contributed by atoms with Crippen LogP contribution < -0.4 is 9.44 Å². The molecule has 1 fully saturated rings. The van der Waals surface area contributed by atoms with Crippen molar-refractivity contribution in [1.82, 2.24) is 9.71 Å². The van der Waals surface area contributed by atoms with Crippen LogP contribution in [0.15, 0.2) is 58.5 Å². The van der Waals surface area contributed by atoms with Gasteiger partial charge in [0.25, 0.3) is 10.0 Å². The van der Waals surface area contributed by atoms with Crippen molar-refractivity contribution >= 4 is 25.9 Å². The first-order valence-electron chi connectivity index (χ1n) is 7.40. The molecule has 0 spiro atoms. The summed E-state index contributed by atoms with van der Waals surface area (Å²) in [6.07, 6.45) is 3.55. The lowest BCUT2D eigenvalue weighted by Crippen LogP contribution is -2.25. The van der Waals surface area contributed by atoms with Crippen LogP contribution in [0.4, 0.5) is 5.82 Å². The van der Waals surface area contributed by atoms with E-state index in [-0.39, 0.29) is 15.6 Å². The van der Waals surface area contributed by atoms with Crippen LogP contribution in [-0.2, 0) is 20.0 Å². The quantitative estimate of drug-likeness (QED) is 0.773. The van der Waals surface area contributed by atoms with Gasteiger partial charge in [0.2, 0.25) is 10.0 Å². The summed E-state index contributed by atoms with van der Waals surface area (Å²) in [4.78, 5) is 3.91. The Morgan fingerprint density at radius 2 is 1.54 bits per heavy atom. The van der Waals surface area contributed by atoms with Crippen molar-refractivity contribution in [3.8, 4) is 0 Å². The molecular formula is C15H17N3O4S2. The molecule has 1 heterocycles. The van der Waals surface area contributed by atoms with Crippen molar-refractivity contribution in [3.63, 3.8) is 0 Å². The summed E-state index contributed by atoms with van der Waals surface area (Å²) in [6, 6.07) is 9.94. The molecule has 0 radical (unpaired) electrons. The van der Waals surface area contributed by atoms with E-state index < -0.39 is 20.0 Å². The Bertz CT molecular complexity index is 907. The molecule has 2 N–H and O–H groups in total. The molecule has 0 aliphatic heterocycles. The summed E-state index contributed by atoms with van der Waals surface area (Å²) in [5, 5.41) is 0. The highest BCUT2D eigenvalue weighted by Gasteiger charge is 2.24. The first-order valence-corrected chi connectivity index (χ1v) is 10.4. The Morgan fingerprint density at radius 3 is 2.08 bits per heavy atom. The van der Waals surface area contributed by atoms with Crippen LogP contribution in [0, 0.1) is 5.92 Å². The van der Waals surface area contributed by atoms with Crippen LogP contribution in [0.25, 0.3) is 0 Å². The third kappa shape index (κ3) is 4.11. The molecule has 7 nitrogen and oxygen atoms in total. The van der Waals surface area contributed by atoms with Gasteiger partial charge in [0.05, 0.1) is 9.79 Å². The third-order valence-electron chi connectivity index (χ3n) is 3.61. The zero-order valence-corrected chi connectivity index (χ0v) is 14.3. The number of nitrogens with one attached hydrogen (secondary N) is 2. The van der Waals surface area contributed by atoms with Gasteiger partial charge >= 0.3 is 0 Å². The van der Waals surface area contributed by atoms with E-state index >= 15 is 0 Å². The highest BCUT2D eigenvalue weighted by Crippen LogP contribution is 2.28. The number of hydrogen-bond donors (Lipinski definition) is 2. The number of anilines is 1. The second kappa shape index (κ2) is 6.50. The number of benzene rings is 1. The van der Waals surface area contributed by atoms with Crippen LogP contribution in [0.2, 0.25) is 0 Å². The molecule has 24 heavy (non-hydrogen) atoms. The number of pyridine rings is 1. The SMILES string of the molecule is O=S(=O)(NCC1CC1)c1ccc(S(=O)(=O)Nc2ccccn2)cc1. The molecule has 2 aromatic rings.